The number of Topliss-reactive ketones (excluding diaryl/α,β-unsaturated/α-hetero) is 2. The molecule has 0 unspecified atom stereocenters. The SMILES string of the molecule is CN1CCN(CC(=O)c2ccc(CCCCc3ccc(C(=O)CN4CCN(C)CC4)cc3)cc2)CC1. The fourth-order valence-corrected chi connectivity index (χ4v) is 4.97. The second-order valence-electron chi connectivity index (χ2n) is 10.6. The number of unbranched alkanes of at least 4 members (excludes halogenated alkanes) is 1. The van der Waals surface area contributed by atoms with E-state index in [1.165, 1.54) is 11.1 Å². The molecule has 4 rings (SSSR count). The first kappa shape index (κ1) is 26.7. The predicted molar refractivity (Wildman–Crippen MR) is 146 cm³/mol. The fourth-order valence-electron chi connectivity index (χ4n) is 4.97. The van der Waals surface area contributed by atoms with Gasteiger partial charge < -0.3 is 9.80 Å². The molecule has 6 nitrogen and oxygen atoms in total. The van der Waals surface area contributed by atoms with Crippen LogP contribution in [0.2, 0.25) is 0 Å². The number of likely N-dealkylation sites (N-methyl/N-ethyl adjacent to an activating group) is 2. The van der Waals surface area contributed by atoms with E-state index in [0.29, 0.717) is 13.1 Å². The molecule has 0 N–H and O–H groups in total. The number of nitrogens with zero attached hydrogens (tertiary/aromatic N) is 4. The average molecular weight is 491 g/mol. The normalized spacial score (nSPS) is 18.4. The van der Waals surface area contributed by atoms with Crippen molar-refractivity contribution >= 4 is 11.6 Å². The summed E-state index contributed by atoms with van der Waals surface area (Å²) in [7, 11) is 4.26. The standard InChI is InChI=1S/C30H42N4O2/c1-31-15-19-33(20-16-31)23-29(35)27-11-7-25(8-12-27)5-3-4-6-26-9-13-28(14-10-26)30(36)24-34-21-17-32(2)18-22-34/h7-14H,3-6,15-24H2,1-2H3. The lowest BCUT2D eigenvalue weighted by atomic mass is 10.0. The van der Waals surface area contributed by atoms with Crippen LogP contribution in [-0.4, -0.2) is 111 Å². The van der Waals surface area contributed by atoms with Gasteiger partial charge in [0.05, 0.1) is 13.1 Å². The monoisotopic (exact) mass is 490 g/mol. The molecule has 2 aliphatic heterocycles. The molecule has 0 radical (unpaired) electrons. The highest BCUT2D eigenvalue weighted by Gasteiger charge is 2.18. The molecule has 6 heteroatoms. The van der Waals surface area contributed by atoms with E-state index >= 15 is 0 Å². The van der Waals surface area contributed by atoms with Crippen LogP contribution in [-0.2, 0) is 12.8 Å². The molecule has 2 heterocycles. The smallest absolute Gasteiger partial charge is 0.176 e. The van der Waals surface area contributed by atoms with Gasteiger partial charge in [-0.2, -0.15) is 0 Å². The maximum atomic E-state index is 12.6. The van der Waals surface area contributed by atoms with Crippen LogP contribution < -0.4 is 0 Å². The Hall–Kier alpha value is -2.38. The molecule has 0 bridgehead atoms. The number of carbonyl (C=O) groups is 2. The van der Waals surface area contributed by atoms with E-state index in [-0.39, 0.29) is 11.6 Å². The molecule has 0 aromatic heterocycles. The van der Waals surface area contributed by atoms with Crippen molar-refractivity contribution in [3.63, 3.8) is 0 Å². The zero-order valence-corrected chi connectivity index (χ0v) is 22.1. The number of carbonyl (C=O) groups excluding carboxylic acids is 2. The van der Waals surface area contributed by atoms with E-state index < -0.39 is 0 Å². The van der Waals surface area contributed by atoms with Gasteiger partial charge in [0.25, 0.3) is 0 Å². The zero-order chi connectivity index (χ0) is 25.3. The van der Waals surface area contributed by atoms with Gasteiger partial charge in [-0.25, -0.2) is 0 Å². The van der Waals surface area contributed by atoms with Crippen LogP contribution in [0.25, 0.3) is 0 Å². The maximum absolute atomic E-state index is 12.6. The van der Waals surface area contributed by atoms with Gasteiger partial charge in [0, 0.05) is 63.5 Å². The van der Waals surface area contributed by atoms with Crippen molar-refractivity contribution in [1.29, 1.82) is 0 Å². The highest BCUT2D eigenvalue weighted by atomic mass is 16.1. The summed E-state index contributed by atoms with van der Waals surface area (Å²) in [4.78, 5) is 34.4. The van der Waals surface area contributed by atoms with Gasteiger partial charge in [-0.15, -0.1) is 0 Å². The quantitative estimate of drug-likeness (QED) is 0.356. The van der Waals surface area contributed by atoms with Gasteiger partial charge in [0.1, 0.15) is 0 Å². The minimum absolute atomic E-state index is 0.219. The van der Waals surface area contributed by atoms with Gasteiger partial charge in [-0.05, 0) is 50.9 Å². The predicted octanol–water partition coefficient (Wildman–Crippen LogP) is 3.11. The van der Waals surface area contributed by atoms with Crippen LogP contribution >= 0.6 is 0 Å². The molecular formula is C30H42N4O2. The molecule has 2 saturated heterocycles. The van der Waals surface area contributed by atoms with Crippen molar-refractivity contribution in [3.05, 3.63) is 70.8 Å². The summed E-state index contributed by atoms with van der Waals surface area (Å²) < 4.78 is 0. The van der Waals surface area contributed by atoms with Gasteiger partial charge in [-0.1, -0.05) is 48.5 Å². The molecule has 0 aliphatic carbocycles. The van der Waals surface area contributed by atoms with Crippen LogP contribution in [0.5, 0.6) is 0 Å². The Balaban J connectivity index is 1.14. The summed E-state index contributed by atoms with van der Waals surface area (Å²) in [6, 6.07) is 16.4. The first-order valence-corrected chi connectivity index (χ1v) is 13.5. The van der Waals surface area contributed by atoms with E-state index in [1.807, 2.05) is 24.3 Å². The molecule has 194 valence electrons. The molecule has 2 fully saturated rings. The van der Waals surface area contributed by atoms with Crippen LogP contribution in [0.4, 0.5) is 0 Å². The van der Waals surface area contributed by atoms with Gasteiger partial charge in [-0.3, -0.25) is 19.4 Å². The molecule has 0 spiro atoms. The van der Waals surface area contributed by atoms with Crippen molar-refractivity contribution in [2.45, 2.75) is 25.7 Å². The molecule has 2 aromatic carbocycles. The third kappa shape index (κ3) is 8.07. The van der Waals surface area contributed by atoms with Crippen molar-refractivity contribution < 1.29 is 9.59 Å². The number of hydrogen-bond donors (Lipinski definition) is 0. The van der Waals surface area contributed by atoms with Crippen LogP contribution in [0.15, 0.2) is 48.5 Å². The van der Waals surface area contributed by atoms with Gasteiger partial charge in [0.2, 0.25) is 0 Å². The third-order valence-electron chi connectivity index (χ3n) is 7.66. The minimum Gasteiger partial charge on any atom is -0.304 e. The summed E-state index contributed by atoms with van der Waals surface area (Å²) in [5, 5.41) is 0. The van der Waals surface area contributed by atoms with E-state index in [9.17, 15) is 9.59 Å². The Kier molecular flexibility index (Phi) is 9.82. The summed E-state index contributed by atoms with van der Waals surface area (Å²) in [6.07, 6.45) is 4.26. The first-order chi connectivity index (χ1) is 17.5. The molecule has 2 aliphatic rings. The Morgan fingerprint density at radius 3 is 1.22 bits per heavy atom. The topological polar surface area (TPSA) is 47.1 Å². The number of hydrogen-bond acceptors (Lipinski definition) is 6. The second kappa shape index (κ2) is 13.2. The Labute approximate surface area is 216 Å². The number of rotatable bonds is 11. The zero-order valence-electron chi connectivity index (χ0n) is 22.1. The van der Waals surface area contributed by atoms with Crippen LogP contribution in [0.3, 0.4) is 0 Å². The first-order valence-electron chi connectivity index (χ1n) is 13.5. The van der Waals surface area contributed by atoms with E-state index in [0.717, 1.165) is 89.2 Å². The Morgan fingerprint density at radius 2 is 0.889 bits per heavy atom. The van der Waals surface area contributed by atoms with Crippen LogP contribution in [0.1, 0.15) is 44.7 Å². The highest BCUT2D eigenvalue weighted by Crippen LogP contribution is 2.14. The van der Waals surface area contributed by atoms with E-state index in [1.54, 1.807) is 0 Å². The summed E-state index contributed by atoms with van der Waals surface area (Å²) in [5.74, 6) is 0.438. The molecule has 36 heavy (non-hydrogen) atoms. The minimum atomic E-state index is 0.219. The van der Waals surface area contributed by atoms with E-state index in [4.69, 9.17) is 0 Å². The maximum Gasteiger partial charge on any atom is 0.176 e. The molecule has 0 saturated carbocycles. The largest absolute Gasteiger partial charge is 0.304 e. The van der Waals surface area contributed by atoms with Crippen LogP contribution in [0, 0.1) is 0 Å². The lowest BCUT2D eigenvalue weighted by Crippen LogP contribution is -2.46. The van der Waals surface area contributed by atoms with Crippen molar-refractivity contribution in [3.8, 4) is 0 Å². The molecule has 2 aromatic rings. The number of piperazine rings is 2. The summed E-state index contributed by atoms with van der Waals surface area (Å²) >= 11 is 0. The Bertz CT molecular complexity index is 892. The van der Waals surface area contributed by atoms with Gasteiger partial charge >= 0.3 is 0 Å². The highest BCUT2D eigenvalue weighted by molar-refractivity contribution is 5.98. The van der Waals surface area contributed by atoms with Crippen molar-refractivity contribution in [1.82, 2.24) is 19.6 Å². The lowest BCUT2D eigenvalue weighted by Gasteiger charge is -2.31. The summed E-state index contributed by atoms with van der Waals surface area (Å²) in [6.45, 7) is 9.05. The third-order valence-corrected chi connectivity index (χ3v) is 7.66. The molecule has 0 atom stereocenters. The van der Waals surface area contributed by atoms with Crippen molar-refractivity contribution in [2.24, 2.45) is 0 Å². The number of ketones is 2. The van der Waals surface area contributed by atoms with E-state index in [2.05, 4.69) is 58.0 Å². The average Bonchev–Trinajstić information content (AvgIpc) is 2.90. The Morgan fingerprint density at radius 1 is 0.556 bits per heavy atom. The number of benzene rings is 2. The lowest BCUT2D eigenvalue weighted by molar-refractivity contribution is 0.0869. The fraction of sp³-hybridized carbons (Fsp3) is 0.533. The second-order valence-corrected chi connectivity index (χ2v) is 10.6. The number of aryl methyl sites for hydroxylation is 2. The molecule has 0 amide bonds. The molecular weight excluding hydrogens is 448 g/mol. The van der Waals surface area contributed by atoms with Gasteiger partial charge in [0.15, 0.2) is 11.6 Å². The summed E-state index contributed by atoms with van der Waals surface area (Å²) in [5.41, 5.74) is 4.21. The van der Waals surface area contributed by atoms with Crippen molar-refractivity contribution in [2.75, 3.05) is 79.5 Å².